The summed E-state index contributed by atoms with van der Waals surface area (Å²) >= 11 is 1.02. The molecule has 3 aromatic rings. The third-order valence-electron chi connectivity index (χ3n) is 9.86. The van der Waals surface area contributed by atoms with E-state index >= 15 is 0 Å². The van der Waals surface area contributed by atoms with Crippen LogP contribution < -0.4 is 5.32 Å². The number of hydrogen-bond donors (Lipinski definition) is 4. The summed E-state index contributed by atoms with van der Waals surface area (Å²) in [6.07, 6.45) is 1.80. The van der Waals surface area contributed by atoms with E-state index in [-0.39, 0.29) is 53.0 Å². The SMILES string of the molecule is CCN1CC[C@H]2CC[C@@H](C(=O)N3C[C@@H](C#N)[C@H](c4ccccc4)C3)N2C(=O)C(NC(=O)c2cc3cc(C(F)(F)[PH](O)(O)O)ccc3s2)C1. The molecule has 1 unspecified atom stereocenters. The fraction of sp³-hybridized carbons (Fsp3) is 0.455. The van der Waals surface area contributed by atoms with E-state index in [0.717, 1.165) is 29.0 Å². The van der Waals surface area contributed by atoms with Gasteiger partial charge in [-0.3, -0.25) is 4.79 Å². The number of nitrogens with zero attached hydrogens (tertiary/aromatic N) is 4. The average molecular weight is 702 g/mol. The first-order valence-corrected chi connectivity index (χ1v) is 18.7. The fourth-order valence-corrected chi connectivity index (χ4v) is 8.70. The number of benzene rings is 2. The Kier molecular flexibility index (Phi) is 9.56. The number of nitriles is 1. The maximum atomic E-state index is 14.4. The number of amides is 3. The quantitative estimate of drug-likeness (QED) is 0.273. The second-order valence-electron chi connectivity index (χ2n) is 12.8. The van der Waals surface area contributed by atoms with E-state index in [9.17, 15) is 43.1 Å². The zero-order chi connectivity index (χ0) is 34.4. The molecule has 15 heteroatoms. The van der Waals surface area contributed by atoms with E-state index in [1.165, 1.54) is 12.1 Å². The van der Waals surface area contributed by atoms with Crippen molar-refractivity contribution < 1.29 is 37.8 Å². The molecule has 2 aromatic carbocycles. The molecule has 0 bridgehead atoms. The molecule has 0 radical (unpaired) electrons. The average Bonchev–Trinajstić information content (AvgIpc) is 3.81. The standard InChI is InChI=1S/C33H38F2N5O6PS/c1-2-38-13-12-24-9-10-27(32(43)39-17-22(16-36)25(18-39)20-6-4-3-5-7-20)40(24)31(42)26(19-38)37-30(41)29-15-21-14-23(8-11-28(21)48-29)33(34,35)47(44,45)46/h3-8,11,14-15,22,24-27,44-47H,2,9-10,12-13,17-19H2,1H3,(H,37,41)/t22-,24-,25+,26?,27+/m1/s1. The number of carbonyl (C=O) groups excluding carboxylic acids is 3. The first-order valence-electron chi connectivity index (χ1n) is 16.0. The molecule has 3 amide bonds. The number of likely N-dealkylation sites (tertiary alicyclic amines) is 1. The van der Waals surface area contributed by atoms with Crippen LogP contribution in [-0.4, -0.2) is 98.0 Å². The van der Waals surface area contributed by atoms with Crippen molar-refractivity contribution in [1.29, 1.82) is 5.26 Å². The van der Waals surface area contributed by atoms with Crippen molar-refractivity contribution in [2.75, 3.05) is 32.7 Å². The normalized spacial score (nSPS) is 25.8. The van der Waals surface area contributed by atoms with Gasteiger partial charge in [0.05, 0.1) is 12.0 Å². The topological polar surface area (TPSA) is 157 Å². The van der Waals surface area contributed by atoms with Crippen LogP contribution in [-0.2, 0) is 15.3 Å². The van der Waals surface area contributed by atoms with Gasteiger partial charge in [0.25, 0.3) is 0 Å². The molecule has 0 aliphatic carbocycles. The minimum absolute atomic E-state index is 0.130. The van der Waals surface area contributed by atoms with Gasteiger partial charge in [-0.15, -0.1) is 0 Å². The molecule has 5 atom stereocenters. The number of nitrogens with one attached hydrogen (secondary N) is 1. The van der Waals surface area contributed by atoms with Gasteiger partial charge >= 0.3 is 167 Å². The molecule has 4 N–H and O–H groups in total. The van der Waals surface area contributed by atoms with Crippen molar-refractivity contribution >= 4 is 47.1 Å². The van der Waals surface area contributed by atoms with Gasteiger partial charge in [-0.2, -0.15) is 5.26 Å². The molecule has 3 aliphatic rings. The molecule has 11 nitrogen and oxygen atoms in total. The van der Waals surface area contributed by atoms with Crippen LogP contribution in [0.25, 0.3) is 10.1 Å². The van der Waals surface area contributed by atoms with Crippen LogP contribution in [0.4, 0.5) is 8.78 Å². The maximum absolute atomic E-state index is 14.4. The second kappa shape index (κ2) is 13.4. The van der Waals surface area contributed by atoms with E-state index in [1.54, 1.807) is 9.80 Å². The van der Waals surface area contributed by atoms with Gasteiger partial charge in [0.2, 0.25) is 5.91 Å². The van der Waals surface area contributed by atoms with Crippen LogP contribution in [0.2, 0.25) is 0 Å². The van der Waals surface area contributed by atoms with Gasteiger partial charge in [0, 0.05) is 19.0 Å². The van der Waals surface area contributed by atoms with E-state index in [0.29, 0.717) is 43.6 Å². The third kappa shape index (κ3) is 6.43. The summed E-state index contributed by atoms with van der Waals surface area (Å²) in [5.74, 6) is -1.65. The van der Waals surface area contributed by atoms with Crippen molar-refractivity contribution in [3.8, 4) is 6.07 Å². The van der Waals surface area contributed by atoms with Gasteiger partial charge in [0.15, 0.2) is 0 Å². The molecule has 48 heavy (non-hydrogen) atoms. The van der Waals surface area contributed by atoms with Crippen molar-refractivity contribution in [2.45, 2.75) is 55.9 Å². The Morgan fingerprint density at radius 2 is 1.81 bits per heavy atom. The van der Waals surface area contributed by atoms with E-state index < -0.39 is 37.2 Å². The monoisotopic (exact) mass is 701 g/mol. The summed E-state index contributed by atoms with van der Waals surface area (Å²) in [5.41, 5.74) is -4.06. The Labute approximate surface area is 280 Å². The van der Waals surface area contributed by atoms with Crippen LogP contribution >= 0.6 is 19.3 Å². The molecule has 0 spiro atoms. The summed E-state index contributed by atoms with van der Waals surface area (Å²) in [5, 5.41) is 13.0. The number of thiophene rings is 1. The minimum atomic E-state index is -5.84. The van der Waals surface area contributed by atoms with Crippen molar-refractivity contribution in [2.24, 2.45) is 5.92 Å². The molecular weight excluding hydrogens is 663 g/mol. The number of rotatable bonds is 7. The van der Waals surface area contributed by atoms with Crippen molar-refractivity contribution in [3.63, 3.8) is 0 Å². The molecular formula is C33H38F2N5O6PS. The first kappa shape index (κ1) is 34.3. The molecule has 6 rings (SSSR count). The number of alkyl halides is 2. The Bertz CT molecular complexity index is 1750. The van der Waals surface area contributed by atoms with Gasteiger partial charge in [0.1, 0.15) is 0 Å². The summed E-state index contributed by atoms with van der Waals surface area (Å²) in [6.45, 7) is 4.15. The third-order valence-corrected chi connectivity index (χ3v) is 12.1. The van der Waals surface area contributed by atoms with E-state index in [1.807, 2.05) is 37.3 Å². The molecule has 3 saturated heterocycles. The Balaban J connectivity index is 1.22. The summed E-state index contributed by atoms with van der Waals surface area (Å²) in [4.78, 5) is 75.3. The summed E-state index contributed by atoms with van der Waals surface area (Å²) in [7, 11) is -5.84. The number of halogens is 2. The molecule has 1 aromatic heterocycles. The number of hydrogen-bond acceptors (Lipinski definition) is 9. The molecule has 256 valence electrons. The summed E-state index contributed by atoms with van der Waals surface area (Å²) in [6, 6.07) is 14.8. The van der Waals surface area contributed by atoms with Crippen LogP contribution in [0.1, 0.15) is 52.9 Å². The van der Waals surface area contributed by atoms with Crippen LogP contribution in [0.3, 0.4) is 0 Å². The predicted octanol–water partition coefficient (Wildman–Crippen LogP) is 3.37. The Morgan fingerprint density at radius 1 is 1.06 bits per heavy atom. The first-order chi connectivity index (χ1) is 22.8. The van der Waals surface area contributed by atoms with E-state index in [4.69, 9.17) is 0 Å². The number of likely N-dealkylation sites (N-methyl/N-ethyl adjacent to an activating group) is 1. The fourth-order valence-electron chi connectivity index (χ4n) is 7.21. The number of carbonyl (C=O) groups is 3. The van der Waals surface area contributed by atoms with Gasteiger partial charge in [-0.1, -0.05) is 37.3 Å². The van der Waals surface area contributed by atoms with Gasteiger partial charge in [-0.25, -0.2) is 0 Å². The Morgan fingerprint density at radius 3 is 2.50 bits per heavy atom. The molecule has 4 heterocycles. The molecule has 0 saturated carbocycles. The van der Waals surface area contributed by atoms with Crippen LogP contribution in [0, 0.1) is 17.2 Å². The second-order valence-corrected chi connectivity index (χ2v) is 15.8. The predicted molar refractivity (Wildman–Crippen MR) is 177 cm³/mol. The molecule has 3 aliphatic heterocycles. The van der Waals surface area contributed by atoms with Crippen molar-refractivity contribution in [1.82, 2.24) is 20.0 Å². The Hall–Kier alpha value is -3.57. The zero-order valence-electron chi connectivity index (χ0n) is 26.3. The summed E-state index contributed by atoms with van der Waals surface area (Å²) < 4.78 is 29.3. The van der Waals surface area contributed by atoms with Gasteiger partial charge in [-0.05, 0) is 24.8 Å². The van der Waals surface area contributed by atoms with Gasteiger partial charge < -0.3 is 4.90 Å². The van der Waals surface area contributed by atoms with E-state index in [2.05, 4.69) is 16.3 Å². The van der Waals surface area contributed by atoms with Crippen LogP contribution in [0.15, 0.2) is 54.6 Å². The zero-order valence-corrected chi connectivity index (χ0v) is 28.1. The van der Waals surface area contributed by atoms with Crippen LogP contribution in [0.5, 0.6) is 0 Å². The van der Waals surface area contributed by atoms with Crippen molar-refractivity contribution in [3.05, 3.63) is 70.6 Å². The molecule has 3 fully saturated rings. The number of fused-ring (bicyclic) bond motifs is 2.